The van der Waals surface area contributed by atoms with Gasteiger partial charge in [-0.25, -0.2) is 14.0 Å². The summed E-state index contributed by atoms with van der Waals surface area (Å²) < 4.78 is 18.3. The summed E-state index contributed by atoms with van der Waals surface area (Å²) >= 11 is 0. The summed E-state index contributed by atoms with van der Waals surface area (Å²) in [6.07, 6.45) is 4.97. The van der Waals surface area contributed by atoms with E-state index >= 15 is 0 Å². The van der Waals surface area contributed by atoms with Crippen molar-refractivity contribution in [2.45, 2.75) is 57.9 Å². The van der Waals surface area contributed by atoms with Gasteiger partial charge in [0, 0.05) is 5.41 Å². The average molecular weight is 351 g/mol. The molecule has 1 aromatic rings. The molecular weight excluding hydrogens is 325 g/mol. The van der Waals surface area contributed by atoms with Gasteiger partial charge in [-0.15, -0.1) is 0 Å². The number of unbranched alkanes of at least 4 members (excludes halogenated alkanes) is 1. The Bertz CT molecular complexity index is 584. The second-order valence-corrected chi connectivity index (χ2v) is 6.91. The molecular formula is C19H26FNO4. The summed E-state index contributed by atoms with van der Waals surface area (Å²) in [6, 6.07) is 5.45. The Morgan fingerprint density at radius 1 is 1.32 bits per heavy atom. The number of aliphatic carboxylic acids is 1. The minimum absolute atomic E-state index is 0.128. The van der Waals surface area contributed by atoms with Gasteiger partial charge < -0.3 is 15.2 Å². The number of hydrogen-bond donors (Lipinski definition) is 2. The Morgan fingerprint density at radius 3 is 2.52 bits per heavy atom. The molecule has 0 saturated heterocycles. The third-order valence-electron chi connectivity index (χ3n) is 4.85. The molecule has 0 aliphatic heterocycles. The number of amides is 1. The highest BCUT2D eigenvalue weighted by molar-refractivity contribution is 5.79. The van der Waals surface area contributed by atoms with Crippen LogP contribution in [0.15, 0.2) is 24.3 Å². The molecule has 0 unspecified atom stereocenters. The maximum atomic E-state index is 13.0. The third kappa shape index (κ3) is 5.73. The molecule has 1 aromatic carbocycles. The fourth-order valence-corrected chi connectivity index (χ4v) is 3.15. The van der Waals surface area contributed by atoms with Crippen LogP contribution in [-0.4, -0.2) is 29.8 Å². The van der Waals surface area contributed by atoms with Crippen LogP contribution in [0.5, 0.6) is 0 Å². The largest absolute Gasteiger partial charge is 0.480 e. The van der Waals surface area contributed by atoms with E-state index in [4.69, 9.17) is 9.84 Å². The molecule has 1 atom stereocenters. The SMILES string of the molecule is CCCC[C@H](NC(=O)OCC1(Cc2ccc(F)cc2)CCC1)C(=O)O. The molecule has 0 radical (unpaired) electrons. The molecule has 1 saturated carbocycles. The lowest BCUT2D eigenvalue weighted by molar-refractivity contribution is -0.139. The van der Waals surface area contributed by atoms with Gasteiger partial charge in [-0.1, -0.05) is 38.3 Å². The molecule has 0 spiro atoms. The van der Waals surface area contributed by atoms with Gasteiger partial charge in [0.05, 0.1) is 6.61 Å². The molecule has 0 aromatic heterocycles. The van der Waals surface area contributed by atoms with Gasteiger partial charge in [0.25, 0.3) is 0 Å². The first-order chi connectivity index (χ1) is 11.9. The molecule has 2 N–H and O–H groups in total. The summed E-state index contributed by atoms with van der Waals surface area (Å²) in [5.41, 5.74) is 0.883. The average Bonchev–Trinajstić information content (AvgIpc) is 2.55. The van der Waals surface area contributed by atoms with Crippen molar-refractivity contribution in [3.05, 3.63) is 35.6 Å². The van der Waals surface area contributed by atoms with E-state index in [1.54, 1.807) is 12.1 Å². The Morgan fingerprint density at radius 2 is 2.00 bits per heavy atom. The van der Waals surface area contributed by atoms with Gasteiger partial charge in [-0.3, -0.25) is 0 Å². The van der Waals surface area contributed by atoms with Crippen LogP contribution in [-0.2, 0) is 16.0 Å². The maximum Gasteiger partial charge on any atom is 0.407 e. The van der Waals surface area contributed by atoms with Crippen molar-refractivity contribution in [2.24, 2.45) is 5.41 Å². The fourth-order valence-electron chi connectivity index (χ4n) is 3.15. The smallest absolute Gasteiger partial charge is 0.407 e. The van der Waals surface area contributed by atoms with Crippen LogP contribution in [0.3, 0.4) is 0 Å². The van der Waals surface area contributed by atoms with Crippen LogP contribution in [0.4, 0.5) is 9.18 Å². The molecule has 0 bridgehead atoms. The van der Waals surface area contributed by atoms with Crippen LogP contribution in [0.25, 0.3) is 0 Å². The van der Waals surface area contributed by atoms with Crippen molar-refractivity contribution >= 4 is 12.1 Å². The van der Waals surface area contributed by atoms with Crippen molar-refractivity contribution in [3.63, 3.8) is 0 Å². The van der Waals surface area contributed by atoms with E-state index < -0.39 is 18.1 Å². The molecule has 1 fully saturated rings. The van der Waals surface area contributed by atoms with Crippen molar-refractivity contribution in [2.75, 3.05) is 6.61 Å². The summed E-state index contributed by atoms with van der Waals surface area (Å²) in [5, 5.41) is 11.6. The number of nitrogens with one attached hydrogen (secondary N) is 1. The van der Waals surface area contributed by atoms with Gasteiger partial charge in [0.15, 0.2) is 0 Å². The molecule has 1 aliphatic rings. The van der Waals surface area contributed by atoms with Crippen molar-refractivity contribution in [1.29, 1.82) is 0 Å². The number of carbonyl (C=O) groups excluding carboxylic acids is 1. The molecule has 6 heteroatoms. The van der Waals surface area contributed by atoms with E-state index in [-0.39, 0.29) is 17.8 Å². The normalized spacial score (nSPS) is 16.6. The highest BCUT2D eigenvalue weighted by Crippen LogP contribution is 2.44. The van der Waals surface area contributed by atoms with Crippen LogP contribution in [0.2, 0.25) is 0 Å². The van der Waals surface area contributed by atoms with Crippen LogP contribution >= 0.6 is 0 Å². The number of carboxylic acid groups (broad SMARTS) is 1. The molecule has 2 rings (SSSR count). The van der Waals surface area contributed by atoms with E-state index in [9.17, 15) is 14.0 Å². The number of ether oxygens (including phenoxy) is 1. The van der Waals surface area contributed by atoms with Crippen LogP contribution < -0.4 is 5.32 Å². The van der Waals surface area contributed by atoms with E-state index in [0.717, 1.165) is 44.1 Å². The zero-order valence-electron chi connectivity index (χ0n) is 14.6. The summed E-state index contributed by atoms with van der Waals surface area (Å²) in [7, 11) is 0. The maximum absolute atomic E-state index is 13.0. The molecule has 1 aliphatic carbocycles. The zero-order chi connectivity index (χ0) is 18.3. The van der Waals surface area contributed by atoms with Gasteiger partial charge in [0.2, 0.25) is 0 Å². The van der Waals surface area contributed by atoms with Crippen LogP contribution in [0, 0.1) is 11.2 Å². The predicted octanol–water partition coefficient (Wildman–Crippen LogP) is 3.91. The van der Waals surface area contributed by atoms with Crippen LogP contribution in [0.1, 0.15) is 51.0 Å². The van der Waals surface area contributed by atoms with Gasteiger partial charge >= 0.3 is 12.1 Å². The van der Waals surface area contributed by atoms with Crippen molar-refractivity contribution in [3.8, 4) is 0 Å². The lowest BCUT2D eigenvalue weighted by Gasteiger charge is -2.41. The highest BCUT2D eigenvalue weighted by Gasteiger charge is 2.38. The number of carbonyl (C=O) groups is 2. The monoisotopic (exact) mass is 351 g/mol. The zero-order valence-corrected chi connectivity index (χ0v) is 14.6. The first-order valence-corrected chi connectivity index (χ1v) is 8.85. The Hall–Kier alpha value is -2.11. The minimum Gasteiger partial charge on any atom is -0.480 e. The second kappa shape index (κ2) is 8.83. The minimum atomic E-state index is -1.05. The second-order valence-electron chi connectivity index (χ2n) is 6.91. The lowest BCUT2D eigenvalue weighted by Crippen LogP contribution is -2.44. The van der Waals surface area contributed by atoms with Crippen molar-refractivity contribution in [1.82, 2.24) is 5.32 Å². The van der Waals surface area contributed by atoms with Crippen molar-refractivity contribution < 1.29 is 23.8 Å². The Labute approximate surface area is 147 Å². The summed E-state index contributed by atoms with van der Waals surface area (Å²) in [6.45, 7) is 2.21. The fraction of sp³-hybridized carbons (Fsp3) is 0.579. The van der Waals surface area contributed by atoms with Gasteiger partial charge in [0.1, 0.15) is 11.9 Å². The molecule has 0 heterocycles. The first-order valence-electron chi connectivity index (χ1n) is 8.85. The quantitative estimate of drug-likeness (QED) is 0.707. The number of halogens is 1. The number of rotatable bonds is 9. The highest BCUT2D eigenvalue weighted by atomic mass is 19.1. The van der Waals surface area contributed by atoms with E-state index in [1.165, 1.54) is 12.1 Å². The molecule has 25 heavy (non-hydrogen) atoms. The standard InChI is InChI=1S/C19H26FNO4/c1-2-3-5-16(17(22)23)21-18(24)25-13-19(10-4-11-19)12-14-6-8-15(20)9-7-14/h6-9,16H,2-5,10-13H2,1H3,(H,21,24)(H,22,23)/t16-/m0/s1. The summed E-state index contributed by atoms with van der Waals surface area (Å²) in [5.74, 6) is -1.32. The topological polar surface area (TPSA) is 75.6 Å². The van der Waals surface area contributed by atoms with E-state index in [2.05, 4.69) is 5.32 Å². The third-order valence-corrected chi connectivity index (χ3v) is 4.85. The lowest BCUT2D eigenvalue weighted by atomic mass is 9.66. The molecule has 138 valence electrons. The number of alkyl carbamates (subject to hydrolysis) is 1. The predicted molar refractivity (Wildman–Crippen MR) is 91.8 cm³/mol. The molecule has 5 nitrogen and oxygen atoms in total. The number of carboxylic acids is 1. The van der Waals surface area contributed by atoms with E-state index in [1.807, 2.05) is 6.92 Å². The van der Waals surface area contributed by atoms with Gasteiger partial charge in [-0.05, 0) is 43.4 Å². The number of hydrogen-bond acceptors (Lipinski definition) is 3. The van der Waals surface area contributed by atoms with E-state index in [0.29, 0.717) is 6.42 Å². The summed E-state index contributed by atoms with van der Waals surface area (Å²) in [4.78, 5) is 23.1. The van der Waals surface area contributed by atoms with Gasteiger partial charge in [-0.2, -0.15) is 0 Å². The number of benzene rings is 1. The Kier molecular flexibility index (Phi) is 6.79. The first kappa shape index (κ1) is 19.2. The molecule has 1 amide bonds. The Balaban J connectivity index is 1.85.